The predicted molar refractivity (Wildman–Crippen MR) is 192 cm³/mol. The topological polar surface area (TPSA) is 228 Å². The number of rotatable bonds is 14. The summed E-state index contributed by atoms with van der Waals surface area (Å²) in [6.07, 6.45) is -13.6. The molecule has 0 aliphatic carbocycles. The molecule has 3 aromatic carbocycles. The Kier molecular flexibility index (Phi) is 12.8. The maximum absolute atomic E-state index is 14.3. The summed E-state index contributed by atoms with van der Waals surface area (Å²) >= 11 is 0. The van der Waals surface area contributed by atoms with Gasteiger partial charge in [-0.05, 0) is 66.3 Å². The Bertz CT molecular complexity index is 1930. The number of carbonyl (C=O) groups excluding carboxylic acids is 2. The van der Waals surface area contributed by atoms with E-state index in [1.165, 1.54) is 18.2 Å². The van der Waals surface area contributed by atoms with Crippen LogP contribution in [-0.2, 0) is 25.6 Å². The van der Waals surface area contributed by atoms with Gasteiger partial charge in [0.1, 0.15) is 29.9 Å². The van der Waals surface area contributed by atoms with Gasteiger partial charge in [0.05, 0.1) is 35.6 Å². The molecule has 4 aromatic rings. The van der Waals surface area contributed by atoms with E-state index in [1.54, 1.807) is 30.3 Å². The number of phenols is 1. The highest BCUT2D eigenvalue weighted by Crippen LogP contribution is 2.43. The molecule has 0 radical (unpaired) electrons. The lowest BCUT2D eigenvalue weighted by molar-refractivity contribution is -0.286. The number of aliphatic carboxylic acids is 1. The molecule has 0 saturated carbocycles. The van der Waals surface area contributed by atoms with E-state index in [9.17, 15) is 54.5 Å². The highest BCUT2D eigenvalue weighted by molar-refractivity contribution is 6.13. The Hall–Kier alpha value is -5.16. The van der Waals surface area contributed by atoms with Gasteiger partial charge >= 0.3 is 11.9 Å². The molecule has 5 unspecified atom stereocenters. The molecule has 5 rings (SSSR count). The molecular formula is C39H43FN2O12. The fourth-order valence-electron chi connectivity index (χ4n) is 6.57. The first-order valence-corrected chi connectivity index (χ1v) is 17.3. The summed E-state index contributed by atoms with van der Waals surface area (Å²) < 4.78 is 26.0. The number of nitrogens with one attached hydrogen (secondary N) is 1. The number of phenolic OH excluding ortho intramolecular Hbond substituents is 1. The number of halogens is 1. The standard InChI is InChI=1S/C39H43FN2O12/c1-20(2)31-30(37(50)41-26-10-6-7-11-27(26)45)29(21-8-4-3-5-9-21)32(22-12-14-23(40)15-13-22)42(31)17-16-24(43)18-25(44)19-28(46)53-39-35(49)33(47)34(48)36(54-39)38(51)52/h3-15,20,24-25,33-36,39,43-45,47-49H,16-19H2,1-2H3,(H,41,50)(H,51,52)/t24-,25-,33?,34?,35?,36?,39?/m1/s1. The highest BCUT2D eigenvalue weighted by atomic mass is 19.1. The van der Waals surface area contributed by atoms with Crippen LogP contribution in [0.15, 0.2) is 78.9 Å². The number of aromatic nitrogens is 1. The van der Waals surface area contributed by atoms with Gasteiger partial charge in [0.25, 0.3) is 5.91 Å². The number of carbonyl (C=O) groups is 3. The quantitative estimate of drug-likeness (QED) is 0.0686. The lowest BCUT2D eigenvalue weighted by atomic mass is 9.94. The second-order valence-electron chi connectivity index (χ2n) is 13.4. The van der Waals surface area contributed by atoms with Gasteiger partial charge in [-0.25, -0.2) is 9.18 Å². The van der Waals surface area contributed by atoms with Crippen molar-refractivity contribution in [2.45, 2.75) is 88.5 Å². The number of aromatic hydroxyl groups is 1. The van der Waals surface area contributed by atoms with E-state index in [4.69, 9.17) is 9.47 Å². The van der Waals surface area contributed by atoms with Gasteiger partial charge in [0, 0.05) is 17.8 Å². The van der Waals surface area contributed by atoms with Gasteiger partial charge in [-0.1, -0.05) is 56.3 Å². The number of benzene rings is 3. The van der Waals surface area contributed by atoms with E-state index in [0.29, 0.717) is 33.6 Å². The van der Waals surface area contributed by atoms with Crippen LogP contribution in [0.2, 0.25) is 0 Å². The SMILES string of the molecule is CC(C)c1c(C(=O)Nc2ccccc2O)c(-c2ccccc2)c(-c2ccc(F)cc2)n1CC[C@@H](O)C[C@@H](O)CC(=O)OC1OC(C(=O)O)C(O)C(O)C1O. The van der Waals surface area contributed by atoms with E-state index in [2.05, 4.69) is 5.32 Å². The van der Waals surface area contributed by atoms with Crippen molar-refractivity contribution in [2.24, 2.45) is 0 Å². The summed E-state index contributed by atoms with van der Waals surface area (Å²) in [6, 6.07) is 21.2. The van der Waals surface area contributed by atoms with Crippen LogP contribution in [-0.4, -0.2) is 101 Å². The van der Waals surface area contributed by atoms with Crippen molar-refractivity contribution in [3.8, 4) is 28.1 Å². The average Bonchev–Trinajstić information content (AvgIpc) is 3.48. The van der Waals surface area contributed by atoms with E-state index in [1.807, 2.05) is 48.7 Å². The molecule has 0 spiro atoms. The largest absolute Gasteiger partial charge is 0.506 e. The first kappa shape index (κ1) is 40.0. The van der Waals surface area contributed by atoms with Crippen LogP contribution in [0.25, 0.3) is 22.4 Å². The normalized spacial score (nSPS) is 21.0. The minimum absolute atomic E-state index is 0.0122. The molecular weight excluding hydrogens is 707 g/mol. The Balaban J connectivity index is 1.42. The summed E-state index contributed by atoms with van der Waals surface area (Å²) in [5.41, 5.74) is 3.41. The predicted octanol–water partition coefficient (Wildman–Crippen LogP) is 3.37. The molecule has 1 aromatic heterocycles. The molecule has 1 aliphatic heterocycles. The second kappa shape index (κ2) is 17.3. The zero-order chi connectivity index (χ0) is 39.3. The summed E-state index contributed by atoms with van der Waals surface area (Å²) in [7, 11) is 0. The minimum Gasteiger partial charge on any atom is -0.506 e. The van der Waals surface area contributed by atoms with Gasteiger partial charge in [-0.2, -0.15) is 0 Å². The van der Waals surface area contributed by atoms with Crippen molar-refractivity contribution in [2.75, 3.05) is 5.32 Å². The smallest absolute Gasteiger partial charge is 0.335 e. The number of amides is 1. The third-order valence-electron chi connectivity index (χ3n) is 9.10. The number of esters is 1. The fraction of sp³-hybridized carbons (Fsp3) is 0.359. The van der Waals surface area contributed by atoms with E-state index < -0.39 is 73.0 Å². The molecule has 0 bridgehead atoms. The first-order valence-electron chi connectivity index (χ1n) is 17.3. The van der Waals surface area contributed by atoms with E-state index in [0.717, 1.165) is 0 Å². The number of aliphatic hydroxyl groups excluding tert-OH is 5. The number of hydrogen-bond acceptors (Lipinski definition) is 11. The molecule has 14 nitrogen and oxygen atoms in total. The lowest BCUT2D eigenvalue weighted by Gasteiger charge is -2.38. The van der Waals surface area contributed by atoms with Crippen LogP contribution in [0.1, 0.15) is 55.1 Å². The fourth-order valence-corrected chi connectivity index (χ4v) is 6.57. The molecule has 1 fully saturated rings. The second-order valence-corrected chi connectivity index (χ2v) is 13.4. The number of aliphatic hydroxyl groups is 5. The lowest BCUT2D eigenvalue weighted by Crippen LogP contribution is -2.60. The van der Waals surface area contributed by atoms with Crippen LogP contribution in [0, 0.1) is 5.82 Å². The summed E-state index contributed by atoms with van der Waals surface area (Å²) in [6.45, 7) is 3.88. The monoisotopic (exact) mass is 750 g/mol. The number of carboxylic acid groups (broad SMARTS) is 1. The first-order chi connectivity index (χ1) is 25.7. The Labute approximate surface area is 309 Å². The van der Waals surface area contributed by atoms with Gasteiger partial charge in [-0.15, -0.1) is 0 Å². The molecule has 7 atom stereocenters. The summed E-state index contributed by atoms with van der Waals surface area (Å²) in [5.74, 6) is -4.19. The number of anilines is 1. The van der Waals surface area contributed by atoms with Crippen LogP contribution in [0.4, 0.5) is 10.1 Å². The maximum atomic E-state index is 14.3. The molecule has 54 heavy (non-hydrogen) atoms. The van der Waals surface area contributed by atoms with Crippen molar-refractivity contribution >= 4 is 23.5 Å². The van der Waals surface area contributed by atoms with Crippen LogP contribution >= 0.6 is 0 Å². The van der Waals surface area contributed by atoms with Gasteiger partial charge < -0.3 is 55.1 Å². The molecule has 1 amide bonds. The number of nitrogens with zero attached hydrogens (tertiary/aromatic N) is 1. The molecule has 1 aliphatic rings. The molecule has 288 valence electrons. The molecule has 1 saturated heterocycles. The van der Waals surface area contributed by atoms with Crippen LogP contribution in [0.5, 0.6) is 5.75 Å². The van der Waals surface area contributed by atoms with Gasteiger partial charge in [0.2, 0.25) is 6.29 Å². The van der Waals surface area contributed by atoms with Crippen molar-refractivity contribution in [3.63, 3.8) is 0 Å². The van der Waals surface area contributed by atoms with Gasteiger partial charge in [-0.3, -0.25) is 9.59 Å². The average molecular weight is 751 g/mol. The van der Waals surface area contributed by atoms with E-state index in [-0.39, 0.29) is 36.7 Å². The van der Waals surface area contributed by atoms with Crippen molar-refractivity contribution in [3.05, 3.63) is 95.9 Å². The van der Waals surface area contributed by atoms with Crippen molar-refractivity contribution in [1.29, 1.82) is 0 Å². The maximum Gasteiger partial charge on any atom is 0.335 e. The Morgan fingerprint density at radius 1 is 0.870 bits per heavy atom. The van der Waals surface area contributed by atoms with Crippen LogP contribution < -0.4 is 5.32 Å². The zero-order valence-corrected chi connectivity index (χ0v) is 29.4. The highest BCUT2D eigenvalue weighted by Gasteiger charge is 2.48. The molecule has 8 N–H and O–H groups in total. The number of ether oxygens (including phenoxy) is 2. The third kappa shape index (κ3) is 8.95. The molecule has 15 heteroatoms. The summed E-state index contributed by atoms with van der Waals surface area (Å²) in [5, 5.41) is 74.3. The van der Waals surface area contributed by atoms with Crippen molar-refractivity contribution in [1.82, 2.24) is 4.57 Å². The third-order valence-corrected chi connectivity index (χ3v) is 9.10. The Morgan fingerprint density at radius 2 is 1.52 bits per heavy atom. The Morgan fingerprint density at radius 3 is 2.15 bits per heavy atom. The minimum atomic E-state index is -1.99. The van der Waals surface area contributed by atoms with Crippen molar-refractivity contribution < 1.29 is 64.0 Å². The number of para-hydroxylation sites is 2. The van der Waals surface area contributed by atoms with E-state index >= 15 is 0 Å². The molecule has 2 heterocycles. The summed E-state index contributed by atoms with van der Waals surface area (Å²) in [4.78, 5) is 38.2. The van der Waals surface area contributed by atoms with Crippen LogP contribution in [0.3, 0.4) is 0 Å². The van der Waals surface area contributed by atoms with Gasteiger partial charge in [0.15, 0.2) is 6.10 Å². The number of hydrogen-bond donors (Lipinski definition) is 8. The zero-order valence-electron chi connectivity index (χ0n) is 29.4. The number of carboxylic acids is 1.